The van der Waals surface area contributed by atoms with Crippen LogP contribution in [0.2, 0.25) is 0 Å². The van der Waals surface area contributed by atoms with Gasteiger partial charge in [-0.2, -0.15) is 0 Å². The average molecular weight is 250 g/mol. The molecule has 17 heavy (non-hydrogen) atoms. The van der Waals surface area contributed by atoms with Crippen LogP contribution in [0.4, 0.5) is 5.69 Å². The van der Waals surface area contributed by atoms with Gasteiger partial charge in [-0.25, -0.2) is 0 Å². The highest BCUT2D eigenvalue weighted by atomic mass is 35.5. The second-order valence-corrected chi connectivity index (χ2v) is 3.59. The summed E-state index contributed by atoms with van der Waals surface area (Å²) in [6, 6.07) is 14.8. The summed E-state index contributed by atoms with van der Waals surface area (Å²) in [5.74, 6) is 2.32. The van der Waals surface area contributed by atoms with Gasteiger partial charge in [-0.15, -0.1) is 0 Å². The maximum Gasteiger partial charge on any atom is 0.127 e. The van der Waals surface area contributed by atoms with Crippen molar-refractivity contribution in [2.45, 2.75) is 0 Å². The summed E-state index contributed by atoms with van der Waals surface area (Å²) in [4.78, 5) is 2.53. The van der Waals surface area contributed by atoms with Crippen LogP contribution in [0.15, 0.2) is 48.5 Å². The molecule has 3 nitrogen and oxygen atoms in total. The highest BCUT2D eigenvalue weighted by Gasteiger charge is 1.98. The second-order valence-electron chi connectivity index (χ2n) is 3.40. The van der Waals surface area contributed by atoms with Crippen molar-refractivity contribution < 1.29 is 9.47 Å². The molecule has 0 fully saturated rings. The number of methoxy groups -OCH3 is 1. The van der Waals surface area contributed by atoms with Crippen LogP contribution in [0.3, 0.4) is 0 Å². The third kappa shape index (κ3) is 3.04. The van der Waals surface area contributed by atoms with Gasteiger partial charge in [0.05, 0.1) is 7.11 Å². The first-order valence-corrected chi connectivity index (χ1v) is 5.48. The Bertz CT molecular complexity index is 422. The zero-order valence-corrected chi connectivity index (χ0v) is 10.1. The van der Waals surface area contributed by atoms with Crippen LogP contribution < -0.4 is 14.3 Å². The third-order valence-electron chi connectivity index (χ3n) is 2.26. The predicted molar refractivity (Wildman–Crippen MR) is 69.0 cm³/mol. The first-order chi connectivity index (χ1) is 8.31. The normalized spacial score (nSPS) is 9.76. The molecule has 2 aromatic rings. The lowest BCUT2D eigenvalue weighted by Gasteiger charge is -2.07. The lowest BCUT2D eigenvalue weighted by Crippen LogP contribution is -1.86. The minimum Gasteiger partial charge on any atom is -0.497 e. The molecule has 0 radical (unpaired) electrons. The van der Waals surface area contributed by atoms with Crippen molar-refractivity contribution >= 4 is 17.5 Å². The van der Waals surface area contributed by atoms with E-state index in [0.717, 1.165) is 22.9 Å². The Labute approximate surface area is 105 Å². The molecule has 0 heterocycles. The fourth-order valence-electron chi connectivity index (χ4n) is 1.37. The molecule has 0 aliphatic rings. The molecule has 0 aliphatic carbocycles. The van der Waals surface area contributed by atoms with Crippen LogP contribution in [0.1, 0.15) is 0 Å². The number of anilines is 1. The van der Waals surface area contributed by atoms with E-state index in [1.165, 1.54) is 0 Å². The molecule has 4 heteroatoms. The Morgan fingerprint density at radius 2 is 1.29 bits per heavy atom. The van der Waals surface area contributed by atoms with Gasteiger partial charge in [-0.1, -0.05) is 0 Å². The van der Waals surface area contributed by atoms with Crippen molar-refractivity contribution in [2.24, 2.45) is 0 Å². The van der Waals surface area contributed by atoms with Crippen LogP contribution in [0, 0.1) is 0 Å². The number of ether oxygens (including phenoxy) is 2. The number of hydrogen-bond donors (Lipinski definition) is 1. The van der Waals surface area contributed by atoms with E-state index in [0.29, 0.717) is 0 Å². The summed E-state index contributed by atoms with van der Waals surface area (Å²) in [7, 11) is 1.63. The summed E-state index contributed by atoms with van der Waals surface area (Å²) in [5.41, 5.74) is 0.828. The van der Waals surface area contributed by atoms with Crippen LogP contribution in [0.25, 0.3) is 0 Å². The van der Waals surface area contributed by atoms with Gasteiger partial charge in [0.25, 0.3) is 0 Å². The van der Waals surface area contributed by atoms with E-state index >= 15 is 0 Å². The molecule has 0 spiro atoms. The lowest BCUT2D eigenvalue weighted by atomic mass is 10.3. The standard InChI is InChI=1S/C13H12ClNO2/c1-16-11-6-8-13(9-7-11)17-12-4-2-10(15-14)3-5-12/h2-9,15H,1H3. The summed E-state index contributed by atoms with van der Waals surface area (Å²) in [6.07, 6.45) is 0. The average Bonchev–Trinajstić information content (AvgIpc) is 2.40. The van der Waals surface area contributed by atoms with Crippen molar-refractivity contribution in [2.75, 3.05) is 11.9 Å². The van der Waals surface area contributed by atoms with Crippen molar-refractivity contribution in [1.82, 2.24) is 0 Å². The SMILES string of the molecule is COc1ccc(Oc2ccc(NCl)cc2)cc1. The van der Waals surface area contributed by atoms with Crippen molar-refractivity contribution in [3.8, 4) is 17.2 Å². The summed E-state index contributed by atoms with van der Waals surface area (Å²) in [6.45, 7) is 0. The number of halogens is 1. The molecule has 0 atom stereocenters. The Hall–Kier alpha value is -1.87. The van der Waals surface area contributed by atoms with E-state index in [1.54, 1.807) is 7.11 Å². The maximum atomic E-state index is 5.65. The Kier molecular flexibility index (Phi) is 3.73. The predicted octanol–water partition coefficient (Wildman–Crippen LogP) is 4.05. The first-order valence-electron chi connectivity index (χ1n) is 5.10. The van der Waals surface area contributed by atoms with Gasteiger partial charge in [-0.3, -0.25) is 4.84 Å². The van der Waals surface area contributed by atoms with Crippen molar-refractivity contribution in [1.29, 1.82) is 0 Å². The molecular weight excluding hydrogens is 238 g/mol. The summed E-state index contributed by atoms with van der Waals surface area (Å²) >= 11 is 5.47. The Morgan fingerprint density at radius 1 is 0.824 bits per heavy atom. The number of nitrogens with one attached hydrogen (secondary N) is 1. The molecular formula is C13H12ClNO2. The monoisotopic (exact) mass is 249 g/mol. The topological polar surface area (TPSA) is 30.5 Å². The van der Waals surface area contributed by atoms with Crippen LogP contribution >= 0.6 is 11.8 Å². The van der Waals surface area contributed by atoms with E-state index in [4.69, 9.17) is 21.3 Å². The van der Waals surface area contributed by atoms with Crippen LogP contribution in [-0.4, -0.2) is 7.11 Å². The third-order valence-corrected chi connectivity index (χ3v) is 2.48. The molecule has 0 aliphatic heterocycles. The number of benzene rings is 2. The number of hydrogen-bond acceptors (Lipinski definition) is 3. The smallest absolute Gasteiger partial charge is 0.127 e. The molecule has 0 unspecified atom stereocenters. The summed E-state index contributed by atoms with van der Waals surface area (Å²) < 4.78 is 10.7. The minimum atomic E-state index is 0.755. The van der Waals surface area contributed by atoms with Crippen molar-refractivity contribution in [3.05, 3.63) is 48.5 Å². The highest BCUT2D eigenvalue weighted by molar-refractivity contribution is 6.23. The van der Waals surface area contributed by atoms with E-state index in [-0.39, 0.29) is 0 Å². The largest absolute Gasteiger partial charge is 0.497 e. The highest BCUT2D eigenvalue weighted by Crippen LogP contribution is 2.24. The number of rotatable bonds is 4. The molecule has 0 aromatic heterocycles. The van der Waals surface area contributed by atoms with E-state index in [2.05, 4.69) is 4.84 Å². The zero-order chi connectivity index (χ0) is 12.1. The molecule has 0 saturated carbocycles. The molecule has 0 bridgehead atoms. The van der Waals surface area contributed by atoms with Gasteiger partial charge in [0, 0.05) is 17.5 Å². The second kappa shape index (κ2) is 5.46. The van der Waals surface area contributed by atoms with Gasteiger partial charge < -0.3 is 9.47 Å². The van der Waals surface area contributed by atoms with Gasteiger partial charge in [-0.05, 0) is 48.5 Å². The minimum absolute atomic E-state index is 0.755. The maximum absolute atomic E-state index is 5.65. The van der Waals surface area contributed by atoms with Gasteiger partial charge in [0.2, 0.25) is 0 Å². The fraction of sp³-hybridized carbons (Fsp3) is 0.0769. The van der Waals surface area contributed by atoms with Gasteiger partial charge in [0.1, 0.15) is 17.2 Å². The molecule has 2 rings (SSSR count). The molecule has 2 aromatic carbocycles. The molecule has 1 N–H and O–H groups in total. The fourth-order valence-corrected chi connectivity index (χ4v) is 1.49. The van der Waals surface area contributed by atoms with Crippen LogP contribution in [0.5, 0.6) is 17.2 Å². The lowest BCUT2D eigenvalue weighted by molar-refractivity contribution is 0.413. The Balaban J connectivity index is 2.08. The molecule has 0 amide bonds. The van der Waals surface area contributed by atoms with Gasteiger partial charge in [0.15, 0.2) is 0 Å². The van der Waals surface area contributed by atoms with Crippen LogP contribution in [-0.2, 0) is 0 Å². The van der Waals surface area contributed by atoms with E-state index < -0.39 is 0 Å². The Morgan fingerprint density at radius 3 is 1.76 bits per heavy atom. The van der Waals surface area contributed by atoms with E-state index in [1.807, 2.05) is 48.5 Å². The van der Waals surface area contributed by atoms with Crippen molar-refractivity contribution in [3.63, 3.8) is 0 Å². The first kappa shape index (κ1) is 11.6. The quantitative estimate of drug-likeness (QED) is 0.829. The molecule has 88 valence electrons. The molecule has 0 saturated heterocycles. The zero-order valence-electron chi connectivity index (χ0n) is 9.31. The van der Waals surface area contributed by atoms with E-state index in [9.17, 15) is 0 Å². The summed E-state index contributed by atoms with van der Waals surface area (Å²) in [5, 5.41) is 0. The van der Waals surface area contributed by atoms with Gasteiger partial charge >= 0.3 is 0 Å².